The quantitative estimate of drug-likeness (QED) is 0.781. The number of carbonyl (C=O) groups is 1. The average Bonchev–Trinajstić information content (AvgIpc) is 3.05. The minimum Gasteiger partial charge on any atom is -0.347 e. The first-order valence-corrected chi connectivity index (χ1v) is 9.07. The fourth-order valence-electron chi connectivity index (χ4n) is 3.16. The molecule has 2 aliphatic rings. The Morgan fingerprint density at radius 3 is 3.00 bits per heavy atom. The van der Waals surface area contributed by atoms with Gasteiger partial charge in [-0.25, -0.2) is 13.4 Å². The molecule has 7 nitrogen and oxygen atoms in total. The van der Waals surface area contributed by atoms with Gasteiger partial charge in [0.1, 0.15) is 0 Å². The highest BCUT2D eigenvalue weighted by atomic mass is 32.2. The van der Waals surface area contributed by atoms with Crippen LogP contribution in [-0.4, -0.2) is 59.3 Å². The Hall–Kier alpha value is -1.41. The van der Waals surface area contributed by atoms with Gasteiger partial charge in [0.25, 0.3) is 0 Å². The summed E-state index contributed by atoms with van der Waals surface area (Å²) in [5.74, 6) is 0.254. The van der Waals surface area contributed by atoms with E-state index in [-0.39, 0.29) is 29.5 Å². The SMILES string of the molecule is CCN(C(=O)C1Cc2nc[nH]c2CN1)C1CCS(=O)(=O)C1. The third-order valence-corrected chi connectivity index (χ3v) is 6.05. The van der Waals surface area contributed by atoms with Crippen LogP contribution >= 0.6 is 0 Å². The molecular formula is C13H20N4O3S. The molecule has 1 fully saturated rings. The number of sulfone groups is 1. The van der Waals surface area contributed by atoms with Crippen LogP contribution in [0.15, 0.2) is 6.33 Å². The lowest BCUT2D eigenvalue weighted by Gasteiger charge is -2.32. The molecule has 2 unspecified atom stereocenters. The smallest absolute Gasteiger partial charge is 0.240 e. The minimum absolute atomic E-state index is 0.0201. The number of fused-ring (bicyclic) bond motifs is 1. The second-order valence-corrected chi connectivity index (χ2v) is 7.88. The van der Waals surface area contributed by atoms with Crippen LogP contribution in [0.3, 0.4) is 0 Å². The number of imidazole rings is 1. The molecule has 3 rings (SSSR count). The summed E-state index contributed by atoms with van der Waals surface area (Å²) in [4.78, 5) is 21.7. The number of hydrogen-bond donors (Lipinski definition) is 2. The first-order valence-electron chi connectivity index (χ1n) is 7.25. The van der Waals surface area contributed by atoms with Crippen molar-refractivity contribution in [2.24, 2.45) is 0 Å². The highest BCUT2D eigenvalue weighted by molar-refractivity contribution is 7.91. The van der Waals surface area contributed by atoms with E-state index in [1.54, 1.807) is 11.2 Å². The Labute approximate surface area is 124 Å². The Morgan fingerprint density at radius 1 is 1.52 bits per heavy atom. The molecule has 1 saturated heterocycles. The van der Waals surface area contributed by atoms with Crippen molar-refractivity contribution in [2.75, 3.05) is 18.1 Å². The third kappa shape index (κ3) is 2.82. The number of rotatable bonds is 3. The first-order chi connectivity index (χ1) is 10.00. The molecule has 0 aromatic carbocycles. The summed E-state index contributed by atoms with van der Waals surface area (Å²) < 4.78 is 23.2. The van der Waals surface area contributed by atoms with Crippen LogP contribution in [0.4, 0.5) is 0 Å². The van der Waals surface area contributed by atoms with E-state index >= 15 is 0 Å². The Morgan fingerprint density at radius 2 is 2.33 bits per heavy atom. The average molecular weight is 312 g/mol. The van der Waals surface area contributed by atoms with Crippen molar-refractivity contribution in [3.05, 3.63) is 17.7 Å². The van der Waals surface area contributed by atoms with Gasteiger partial charge in [0.15, 0.2) is 9.84 Å². The van der Waals surface area contributed by atoms with Gasteiger partial charge in [-0.05, 0) is 13.3 Å². The summed E-state index contributed by atoms with van der Waals surface area (Å²) in [6, 6.07) is -0.501. The maximum absolute atomic E-state index is 12.7. The van der Waals surface area contributed by atoms with Crippen LogP contribution in [0.2, 0.25) is 0 Å². The van der Waals surface area contributed by atoms with E-state index in [9.17, 15) is 13.2 Å². The molecule has 1 amide bonds. The number of aromatic amines is 1. The van der Waals surface area contributed by atoms with Gasteiger partial charge in [0.2, 0.25) is 5.91 Å². The van der Waals surface area contributed by atoms with E-state index in [1.165, 1.54) is 0 Å². The number of aromatic nitrogens is 2. The molecule has 1 aromatic rings. The number of carbonyl (C=O) groups excluding carboxylic acids is 1. The number of amides is 1. The van der Waals surface area contributed by atoms with Gasteiger partial charge in [-0.2, -0.15) is 0 Å². The topological polar surface area (TPSA) is 95.2 Å². The lowest BCUT2D eigenvalue weighted by molar-refractivity contribution is -0.135. The zero-order valence-corrected chi connectivity index (χ0v) is 12.8. The van der Waals surface area contributed by atoms with Crippen molar-refractivity contribution in [3.63, 3.8) is 0 Å². The van der Waals surface area contributed by atoms with Crippen molar-refractivity contribution in [2.45, 2.75) is 38.4 Å². The first kappa shape index (κ1) is 14.5. The molecule has 0 bridgehead atoms. The highest BCUT2D eigenvalue weighted by Crippen LogP contribution is 2.20. The van der Waals surface area contributed by atoms with E-state index in [4.69, 9.17) is 0 Å². The van der Waals surface area contributed by atoms with Crippen molar-refractivity contribution in [1.82, 2.24) is 20.2 Å². The largest absolute Gasteiger partial charge is 0.347 e. The van der Waals surface area contributed by atoms with Gasteiger partial charge >= 0.3 is 0 Å². The van der Waals surface area contributed by atoms with Crippen LogP contribution < -0.4 is 5.32 Å². The molecule has 0 spiro atoms. The number of nitrogens with zero attached hydrogens (tertiary/aromatic N) is 2. The molecule has 21 heavy (non-hydrogen) atoms. The lowest BCUT2D eigenvalue weighted by atomic mass is 10.0. The van der Waals surface area contributed by atoms with Crippen LogP contribution in [0, 0.1) is 0 Å². The van der Waals surface area contributed by atoms with Crippen LogP contribution in [0.25, 0.3) is 0 Å². The zero-order valence-electron chi connectivity index (χ0n) is 12.0. The molecule has 0 aliphatic carbocycles. The van der Waals surface area contributed by atoms with Crippen LogP contribution in [0.1, 0.15) is 24.7 Å². The summed E-state index contributed by atoms with van der Waals surface area (Å²) in [5.41, 5.74) is 1.94. The van der Waals surface area contributed by atoms with Crippen molar-refractivity contribution in [1.29, 1.82) is 0 Å². The van der Waals surface area contributed by atoms with Crippen molar-refractivity contribution < 1.29 is 13.2 Å². The summed E-state index contributed by atoms with van der Waals surface area (Å²) in [6.45, 7) is 3.02. The molecule has 3 heterocycles. The van der Waals surface area contributed by atoms with Gasteiger partial charge in [-0.3, -0.25) is 10.1 Å². The van der Waals surface area contributed by atoms with Crippen LogP contribution in [0.5, 0.6) is 0 Å². The summed E-state index contributed by atoms with van der Waals surface area (Å²) in [5, 5.41) is 3.21. The monoisotopic (exact) mass is 312 g/mol. The number of likely N-dealkylation sites (N-methyl/N-ethyl adjacent to an activating group) is 1. The summed E-state index contributed by atoms with van der Waals surface area (Å²) in [6.07, 6.45) is 2.73. The molecule has 2 N–H and O–H groups in total. The molecule has 2 atom stereocenters. The van der Waals surface area contributed by atoms with E-state index in [0.29, 0.717) is 25.9 Å². The summed E-state index contributed by atoms with van der Waals surface area (Å²) >= 11 is 0. The van der Waals surface area contributed by atoms with E-state index in [2.05, 4.69) is 15.3 Å². The standard InChI is InChI=1S/C13H20N4O3S/c1-2-17(9-3-4-21(19,20)7-9)13(18)11-5-10-12(6-14-11)16-8-15-10/h8-9,11,14H,2-7H2,1H3,(H,15,16). The molecule has 0 radical (unpaired) electrons. The molecule has 2 aliphatic heterocycles. The predicted molar refractivity (Wildman–Crippen MR) is 77.4 cm³/mol. The predicted octanol–water partition coefficient (Wildman–Crippen LogP) is -0.540. The van der Waals surface area contributed by atoms with Gasteiger partial charge in [0, 0.05) is 25.6 Å². The second kappa shape index (κ2) is 5.42. The minimum atomic E-state index is -2.99. The number of H-pyrrole nitrogens is 1. The van der Waals surface area contributed by atoms with E-state index in [1.807, 2.05) is 6.92 Å². The van der Waals surface area contributed by atoms with Crippen molar-refractivity contribution in [3.8, 4) is 0 Å². The third-order valence-electron chi connectivity index (χ3n) is 4.30. The van der Waals surface area contributed by atoms with Crippen LogP contribution in [-0.2, 0) is 27.6 Å². The van der Waals surface area contributed by atoms with E-state index in [0.717, 1.165) is 11.4 Å². The second-order valence-electron chi connectivity index (χ2n) is 5.65. The fraction of sp³-hybridized carbons (Fsp3) is 0.692. The molecule has 8 heteroatoms. The highest BCUT2D eigenvalue weighted by Gasteiger charge is 2.37. The van der Waals surface area contributed by atoms with E-state index < -0.39 is 9.84 Å². The van der Waals surface area contributed by atoms with Gasteiger partial charge in [-0.15, -0.1) is 0 Å². The Kier molecular flexibility index (Phi) is 3.75. The van der Waals surface area contributed by atoms with Crippen molar-refractivity contribution >= 4 is 15.7 Å². The normalized spacial score (nSPS) is 27.3. The van der Waals surface area contributed by atoms with Gasteiger partial charge in [0.05, 0.1) is 35.3 Å². The molecular weight excluding hydrogens is 292 g/mol. The van der Waals surface area contributed by atoms with Gasteiger partial charge < -0.3 is 9.88 Å². The zero-order chi connectivity index (χ0) is 15.0. The maximum Gasteiger partial charge on any atom is 0.240 e. The molecule has 1 aromatic heterocycles. The number of nitrogens with one attached hydrogen (secondary N) is 2. The Balaban J connectivity index is 1.72. The molecule has 0 saturated carbocycles. The summed E-state index contributed by atoms with van der Waals surface area (Å²) in [7, 11) is -2.99. The Bertz CT molecular complexity index is 640. The lowest BCUT2D eigenvalue weighted by Crippen LogP contribution is -2.52. The maximum atomic E-state index is 12.7. The fourth-order valence-corrected chi connectivity index (χ4v) is 4.89. The molecule has 116 valence electrons. The van der Waals surface area contributed by atoms with Gasteiger partial charge in [-0.1, -0.05) is 0 Å². The number of hydrogen-bond acceptors (Lipinski definition) is 5.